The van der Waals surface area contributed by atoms with E-state index in [1.807, 2.05) is 26.0 Å². The molecule has 1 aliphatic rings. The fourth-order valence-electron chi connectivity index (χ4n) is 2.79. The lowest BCUT2D eigenvalue weighted by Gasteiger charge is -2.34. The molecular formula is C20H20ClFN2O2. The van der Waals surface area contributed by atoms with Gasteiger partial charge in [0.2, 0.25) is 0 Å². The summed E-state index contributed by atoms with van der Waals surface area (Å²) in [4.78, 5) is 5.86. The average molecular weight is 375 g/mol. The molecule has 0 radical (unpaired) electrons. The van der Waals surface area contributed by atoms with Crippen molar-refractivity contribution in [3.63, 3.8) is 0 Å². The number of benzene rings is 1. The van der Waals surface area contributed by atoms with E-state index >= 15 is 0 Å². The molecule has 6 heteroatoms. The summed E-state index contributed by atoms with van der Waals surface area (Å²) in [5, 5.41) is 10.8. The predicted octanol–water partition coefficient (Wildman–Crippen LogP) is 4.23. The number of aromatic nitrogens is 1. The largest absolute Gasteiger partial charge is 0.487 e. The smallest absolute Gasteiger partial charge is 0.167 e. The maximum absolute atomic E-state index is 13.2. The molecule has 0 fully saturated rings. The first-order chi connectivity index (χ1) is 12.5. The van der Waals surface area contributed by atoms with E-state index < -0.39 is 6.23 Å². The Morgan fingerprint density at radius 3 is 2.81 bits per heavy atom. The van der Waals surface area contributed by atoms with Gasteiger partial charge in [0.25, 0.3) is 0 Å². The highest BCUT2D eigenvalue weighted by molar-refractivity contribution is 6.30. The summed E-state index contributed by atoms with van der Waals surface area (Å²) < 4.78 is 19.0. The Morgan fingerprint density at radius 2 is 2.12 bits per heavy atom. The number of halogens is 2. The van der Waals surface area contributed by atoms with Gasteiger partial charge >= 0.3 is 0 Å². The molecule has 0 saturated heterocycles. The average Bonchev–Trinajstić information content (AvgIpc) is 2.63. The molecular weight excluding hydrogens is 355 g/mol. The summed E-state index contributed by atoms with van der Waals surface area (Å²) in [7, 11) is 0. The van der Waals surface area contributed by atoms with E-state index in [-0.39, 0.29) is 17.5 Å². The third kappa shape index (κ3) is 4.06. The van der Waals surface area contributed by atoms with Crippen LogP contribution in [0.3, 0.4) is 0 Å². The minimum absolute atomic E-state index is 0.222. The monoisotopic (exact) mass is 374 g/mol. The third-order valence-corrected chi connectivity index (χ3v) is 4.70. The molecule has 3 rings (SSSR count). The Bertz CT molecular complexity index is 852. The normalized spacial score (nSPS) is 17.3. The van der Waals surface area contributed by atoms with Crippen LogP contribution in [0.15, 0.2) is 65.3 Å². The van der Waals surface area contributed by atoms with Gasteiger partial charge in [0.15, 0.2) is 6.23 Å². The number of hydrogen-bond donors (Lipinski definition) is 1. The van der Waals surface area contributed by atoms with Gasteiger partial charge in [-0.15, -0.1) is 0 Å². The second-order valence-electron chi connectivity index (χ2n) is 6.22. The van der Waals surface area contributed by atoms with Gasteiger partial charge in [0, 0.05) is 30.7 Å². The zero-order chi connectivity index (χ0) is 18.7. The van der Waals surface area contributed by atoms with Gasteiger partial charge < -0.3 is 14.7 Å². The second kappa shape index (κ2) is 7.89. The quantitative estimate of drug-likeness (QED) is 0.850. The molecule has 1 unspecified atom stereocenters. The van der Waals surface area contributed by atoms with Crippen LogP contribution in [-0.4, -0.2) is 21.2 Å². The van der Waals surface area contributed by atoms with Crippen molar-refractivity contribution >= 4 is 11.6 Å². The van der Waals surface area contributed by atoms with E-state index in [1.54, 1.807) is 29.4 Å². The van der Waals surface area contributed by atoms with Gasteiger partial charge in [0.1, 0.15) is 23.2 Å². The molecule has 26 heavy (non-hydrogen) atoms. The van der Waals surface area contributed by atoms with Crippen molar-refractivity contribution in [1.82, 2.24) is 9.88 Å². The number of rotatable bonds is 5. The molecule has 1 aromatic heterocycles. The molecule has 0 spiro atoms. The number of hydrogen-bond acceptors (Lipinski definition) is 4. The summed E-state index contributed by atoms with van der Waals surface area (Å²) in [6.07, 6.45) is 4.26. The van der Waals surface area contributed by atoms with Gasteiger partial charge in [-0.1, -0.05) is 23.7 Å². The van der Waals surface area contributed by atoms with Crippen molar-refractivity contribution in [2.75, 3.05) is 0 Å². The van der Waals surface area contributed by atoms with Crippen LogP contribution in [0.5, 0.6) is 0 Å². The number of aryl methyl sites for hydroxylation is 1. The van der Waals surface area contributed by atoms with Crippen LogP contribution in [0, 0.1) is 12.7 Å². The molecule has 2 aromatic rings. The Hall–Kier alpha value is -2.37. The summed E-state index contributed by atoms with van der Waals surface area (Å²) in [6, 6.07) is 8.33. The lowest BCUT2D eigenvalue weighted by atomic mass is 10.1. The molecule has 2 heterocycles. The SMILES string of the molecule is CC1=CC(OCc2ccc(F)cc2C)=C(Cl)C(O)N1Cc1cccnc1. The molecule has 4 nitrogen and oxygen atoms in total. The minimum atomic E-state index is -0.994. The van der Waals surface area contributed by atoms with Crippen LogP contribution in [0.1, 0.15) is 23.6 Å². The highest BCUT2D eigenvalue weighted by Gasteiger charge is 2.27. The van der Waals surface area contributed by atoms with Crippen molar-refractivity contribution in [2.45, 2.75) is 33.2 Å². The molecule has 1 atom stereocenters. The number of ether oxygens (including phenoxy) is 1. The zero-order valence-electron chi connectivity index (χ0n) is 14.6. The van der Waals surface area contributed by atoms with E-state index in [1.165, 1.54) is 12.1 Å². The maximum atomic E-state index is 13.2. The first kappa shape index (κ1) is 18.4. The van der Waals surface area contributed by atoms with Gasteiger partial charge in [-0.3, -0.25) is 4.98 Å². The second-order valence-corrected chi connectivity index (χ2v) is 6.63. The fourth-order valence-corrected chi connectivity index (χ4v) is 3.01. The fraction of sp³-hybridized carbons (Fsp3) is 0.250. The van der Waals surface area contributed by atoms with Crippen LogP contribution >= 0.6 is 11.6 Å². The van der Waals surface area contributed by atoms with Crippen LogP contribution in [0.2, 0.25) is 0 Å². The van der Waals surface area contributed by atoms with Crippen molar-refractivity contribution < 1.29 is 14.2 Å². The number of aliphatic hydroxyl groups excluding tert-OH is 1. The van der Waals surface area contributed by atoms with Crippen molar-refractivity contribution in [1.29, 1.82) is 0 Å². The topological polar surface area (TPSA) is 45.6 Å². The Labute approximate surface area is 157 Å². The summed E-state index contributed by atoms with van der Waals surface area (Å²) >= 11 is 6.33. The van der Waals surface area contributed by atoms with E-state index in [0.717, 1.165) is 22.4 Å². The van der Waals surface area contributed by atoms with Gasteiger partial charge in [-0.05, 0) is 48.7 Å². The van der Waals surface area contributed by atoms with Crippen LogP contribution in [-0.2, 0) is 17.9 Å². The highest BCUT2D eigenvalue weighted by atomic mass is 35.5. The Kier molecular flexibility index (Phi) is 5.59. The van der Waals surface area contributed by atoms with Gasteiger partial charge in [-0.25, -0.2) is 4.39 Å². The van der Waals surface area contributed by atoms with E-state index in [4.69, 9.17) is 16.3 Å². The molecule has 0 saturated carbocycles. The Morgan fingerprint density at radius 1 is 1.31 bits per heavy atom. The zero-order valence-corrected chi connectivity index (χ0v) is 15.4. The number of aliphatic hydroxyl groups is 1. The number of allylic oxidation sites excluding steroid dienone is 2. The third-order valence-electron chi connectivity index (χ3n) is 4.31. The molecule has 0 bridgehead atoms. The highest BCUT2D eigenvalue weighted by Crippen LogP contribution is 2.30. The molecule has 136 valence electrons. The summed E-state index contributed by atoms with van der Waals surface area (Å²) in [6.45, 7) is 4.44. The molecule has 1 aromatic carbocycles. The maximum Gasteiger partial charge on any atom is 0.167 e. The predicted molar refractivity (Wildman–Crippen MR) is 98.3 cm³/mol. The Balaban J connectivity index is 1.73. The van der Waals surface area contributed by atoms with Crippen LogP contribution < -0.4 is 0 Å². The first-order valence-electron chi connectivity index (χ1n) is 8.25. The lowest BCUT2D eigenvalue weighted by molar-refractivity contribution is 0.0482. The first-order valence-corrected chi connectivity index (χ1v) is 8.63. The minimum Gasteiger partial charge on any atom is -0.487 e. The molecule has 1 N–H and O–H groups in total. The van der Waals surface area contributed by atoms with E-state index in [0.29, 0.717) is 12.3 Å². The standard InChI is InChI=1S/C20H20ClFN2O2/c1-13-8-17(22)6-5-16(13)12-26-18-9-14(2)24(20(25)19(18)21)11-15-4-3-7-23-10-15/h3-10,20,25H,11-12H2,1-2H3. The van der Waals surface area contributed by atoms with Crippen molar-refractivity contribution in [3.05, 3.63) is 87.8 Å². The summed E-state index contributed by atoms with van der Waals surface area (Å²) in [5.41, 5.74) is 3.46. The lowest BCUT2D eigenvalue weighted by Crippen LogP contribution is -2.36. The van der Waals surface area contributed by atoms with Gasteiger partial charge in [0.05, 0.1) is 0 Å². The molecule has 1 aliphatic heterocycles. The van der Waals surface area contributed by atoms with Crippen molar-refractivity contribution in [3.8, 4) is 0 Å². The summed E-state index contributed by atoms with van der Waals surface area (Å²) in [5.74, 6) is 0.140. The van der Waals surface area contributed by atoms with Crippen LogP contribution in [0.4, 0.5) is 4.39 Å². The van der Waals surface area contributed by atoms with E-state index in [9.17, 15) is 9.50 Å². The molecule has 0 amide bonds. The van der Waals surface area contributed by atoms with E-state index in [2.05, 4.69) is 4.98 Å². The number of nitrogens with zero attached hydrogens (tertiary/aromatic N) is 2. The van der Waals surface area contributed by atoms with Gasteiger partial charge in [-0.2, -0.15) is 0 Å². The number of pyridine rings is 1. The van der Waals surface area contributed by atoms with Crippen LogP contribution in [0.25, 0.3) is 0 Å². The molecule has 0 aliphatic carbocycles. The van der Waals surface area contributed by atoms with Crippen molar-refractivity contribution in [2.24, 2.45) is 0 Å².